The second-order valence-corrected chi connectivity index (χ2v) is 7.69. The van der Waals surface area contributed by atoms with Crippen molar-refractivity contribution in [2.45, 2.75) is 6.92 Å². The van der Waals surface area contributed by atoms with Crippen LogP contribution in [0.1, 0.15) is 15.4 Å². The molecule has 0 aliphatic rings. The van der Waals surface area contributed by atoms with Crippen molar-refractivity contribution in [1.29, 1.82) is 0 Å². The quantitative estimate of drug-likeness (QED) is 0.469. The highest BCUT2D eigenvalue weighted by Gasteiger charge is 2.20. The van der Waals surface area contributed by atoms with Gasteiger partial charge in [-0.2, -0.15) is 0 Å². The summed E-state index contributed by atoms with van der Waals surface area (Å²) in [5.74, 6) is 0.685. The Balaban J connectivity index is 1.65. The summed E-state index contributed by atoms with van der Waals surface area (Å²) in [5.41, 5.74) is 3.19. The van der Waals surface area contributed by atoms with Crippen LogP contribution in [-0.4, -0.2) is 29.5 Å². The molecule has 2 aromatic carbocycles. The van der Waals surface area contributed by atoms with E-state index in [1.54, 1.807) is 12.1 Å². The SMILES string of the molecule is COc1cc(OC)c(NC(=O)c2sc3nc(-c4ccccc4)cn3c2C)cc1Cl. The summed E-state index contributed by atoms with van der Waals surface area (Å²) in [6, 6.07) is 13.2. The Morgan fingerprint density at radius 1 is 1.14 bits per heavy atom. The number of aromatic nitrogens is 2. The van der Waals surface area contributed by atoms with Gasteiger partial charge < -0.3 is 14.8 Å². The minimum Gasteiger partial charge on any atom is -0.495 e. The molecule has 0 bridgehead atoms. The van der Waals surface area contributed by atoms with Crippen LogP contribution >= 0.6 is 22.9 Å². The molecule has 0 radical (unpaired) electrons. The third-order valence-corrected chi connectivity index (χ3v) is 6.01. The summed E-state index contributed by atoms with van der Waals surface area (Å²) in [7, 11) is 3.04. The van der Waals surface area contributed by atoms with E-state index in [-0.39, 0.29) is 5.91 Å². The number of ether oxygens (including phenoxy) is 2. The van der Waals surface area contributed by atoms with Crippen LogP contribution in [0.3, 0.4) is 0 Å². The first-order valence-corrected chi connectivity index (χ1v) is 9.98. The van der Waals surface area contributed by atoms with E-state index < -0.39 is 0 Å². The average molecular weight is 428 g/mol. The van der Waals surface area contributed by atoms with Gasteiger partial charge in [-0.15, -0.1) is 0 Å². The van der Waals surface area contributed by atoms with Crippen LogP contribution in [-0.2, 0) is 0 Å². The van der Waals surface area contributed by atoms with Gasteiger partial charge in [0, 0.05) is 23.5 Å². The van der Waals surface area contributed by atoms with Crippen molar-refractivity contribution in [1.82, 2.24) is 9.38 Å². The molecule has 0 aliphatic heterocycles. The normalized spacial score (nSPS) is 10.9. The molecular weight excluding hydrogens is 410 g/mol. The summed E-state index contributed by atoms with van der Waals surface area (Å²) in [6.07, 6.45) is 1.94. The number of methoxy groups -OCH3 is 2. The highest BCUT2D eigenvalue weighted by Crippen LogP contribution is 2.36. The van der Waals surface area contributed by atoms with Gasteiger partial charge >= 0.3 is 0 Å². The molecule has 4 rings (SSSR count). The van der Waals surface area contributed by atoms with Gasteiger partial charge in [0.25, 0.3) is 5.91 Å². The van der Waals surface area contributed by atoms with E-state index in [0.29, 0.717) is 27.1 Å². The van der Waals surface area contributed by atoms with Gasteiger partial charge in [-0.05, 0) is 13.0 Å². The summed E-state index contributed by atoms with van der Waals surface area (Å²) >= 11 is 7.53. The van der Waals surface area contributed by atoms with E-state index >= 15 is 0 Å². The van der Waals surface area contributed by atoms with Crippen molar-refractivity contribution in [3.05, 3.63) is 64.3 Å². The molecule has 0 saturated carbocycles. The maximum absolute atomic E-state index is 12.9. The van der Waals surface area contributed by atoms with Crippen LogP contribution < -0.4 is 14.8 Å². The lowest BCUT2D eigenvalue weighted by Crippen LogP contribution is -2.13. The number of nitrogens with zero attached hydrogens (tertiary/aromatic N) is 2. The molecule has 4 aromatic rings. The zero-order chi connectivity index (χ0) is 20.5. The van der Waals surface area contributed by atoms with Crippen molar-refractivity contribution in [3.63, 3.8) is 0 Å². The van der Waals surface area contributed by atoms with Crippen LogP contribution in [0.4, 0.5) is 5.69 Å². The number of hydrogen-bond acceptors (Lipinski definition) is 5. The minimum absolute atomic E-state index is 0.251. The number of amides is 1. The maximum Gasteiger partial charge on any atom is 0.267 e. The Bertz CT molecular complexity index is 1200. The molecule has 0 atom stereocenters. The van der Waals surface area contributed by atoms with Crippen LogP contribution in [0.2, 0.25) is 5.02 Å². The lowest BCUT2D eigenvalue weighted by atomic mass is 10.2. The van der Waals surface area contributed by atoms with Crippen LogP contribution in [0.25, 0.3) is 16.2 Å². The molecule has 2 aromatic heterocycles. The molecule has 1 N–H and O–H groups in total. The number of fused-ring (bicyclic) bond motifs is 1. The zero-order valence-corrected chi connectivity index (χ0v) is 17.6. The predicted molar refractivity (Wildman–Crippen MR) is 116 cm³/mol. The van der Waals surface area contributed by atoms with Gasteiger partial charge in [0.05, 0.1) is 30.6 Å². The van der Waals surface area contributed by atoms with Crippen molar-refractivity contribution >= 4 is 39.5 Å². The van der Waals surface area contributed by atoms with E-state index in [9.17, 15) is 4.79 Å². The molecular formula is C21H18ClN3O3S. The van der Waals surface area contributed by atoms with E-state index in [1.807, 2.05) is 47.9 Å². The van der Waals surface area contributed by atoms with Crippen molar-refractivity contribution in [2.75, 3.05) is 19.5 Å². The molecule has 0 spiro atoms. The molecule has 6 nitrogen and oxygen atoms in total. The highest BCUT2D eigenvalue weighted by atomic mass is 35.5. The second kappa shape index (κ2) is 7.77. The lowest BCUT2D eigenvalue weighted by molar-refractivity contribution is 0.102. The Morgan fingerprint density at radius 2 is 1.86 bits per heavy atom. The van der Waals surface area contributed by atoms with Crippen LogP contribution in [0.15, 0.2) is 48.7 Å². The van der Waals surface area contributed by atoms with Gasteiger partial charge in [0.1, 0.15) is 16.4 Å². The monoisotopic (exact) mass is 427 g/mol. The Hall–Kier alpha value is -3.03. The number of hydrogen-bond donors (Lipinski definition) is 1. The van der Waals surface area contributed by atoms with Gasteiger partial charge in [-0.3, -0.25) is 9.20 Å². The fourth-order valence-electron chi connectivity index (χ4n) is 3.05. The number of thiazole rings is 1. The molecule has 0 saturated heterocycles. The maximum atomic E-state index is 12.9. The smallest absolute Gasteiger partial charge is 0.267 e. The summed E-state index contributed by atoms with van der Waals surface area (Å²) in [6.45, 7) is 1.90. The van der Waals surface area contributed by atoms with Crippen molar-refractivity contribution < 1.29 is 14.3 Å². The number of nitrogens with one attached hydrogen (secondary N) is 1. The number of benzene rings is 2. The zero-order valence-electron chi connectivity index (χ0n) is 16.0. The van der Waals surface area contributed by atoms with Crippen molar-refractivity contribution in [2.24, 2.45) is 0 Å². The number of imidazole rings is 1. The Kier molecular flexibility index (Phi) is 5.17. The van der Waals surface area contributed by atoms with Gasteiger partial charge in [-0.1, -0.05) is 53.3 Å². The van der Waals surface area contributed by atoms with Gasteiger partial charge in [-0.25, -0.2) is 4.98 Å². The second-order valence-electron chi connectivity index (χ2n) is 6.30. The topological polar surface area (TPSA) is 64.9 Å². The fraction of sp³-hybridized carbons (Fsp3) is 0.143. The minimum atomic E-state index is -0.251. The molecule has 148 valence electrons. The number of carbonyl (C=O) groups excluding carboxylic acids is 1. The fourth-order valence-corrected chi connectivity index (χ4v) is 4.29. The predicted octanol–water partition coefficient (Wildman–Crippen LogP) is 5.29. The van der Waals surface area contributed by atoms with Crippen LogP contribution in [0.5, 0.6) is 11.5 Å². The molecule has 29 heavy (non-hydrogen) atoms. The van der Waals surface area contributed by atoms with E-state index in [0.717, 1.165) is 21.9 Å². The molecule has 8 heteroatoms. The average Bonchev–Trinajstić information content (AvgIpc) is 3.28. The first-order valence-electron chi connectivity index (χ1n) is 8.78. The number of aryl methyl sites for hydroxylation is 1. The molecule has 0 fully saturated rings. The third kappa shape index (κ3) is 3.54. The molecule has 1 amide bonds. The summed E-state index contributed by atoms with van der Waals surface area (Å²) in [5, 5.41) is 3.26. The largest absolute Gasteiger partial charge is 0.495 e. The van der Waals surface area contributed by atoms with Crippen LogP contribution in [0, 0.1) is 6.92 Å². The van der Waals surface area contributed by atoms with E-state index in [1.165, 1.54) is 25.6 Å². The Morgan fingerprint density at radius 3 is 2.52 bits per heavy atom. The number of anilines is 1. The summed E-state index contributed by atoms with van der Waals surface area (Å²) < 4.78 is 12.5. The Labute approximate surface area is 176 Å². The number of halogens is 1. The molecule has 2 heterocycles. The van der Waals surface area contributed by atoms with E-state index in [4.69, 9.17) is 21.1 Å². The molecule has 0 aliphatic carbocycles. The first kappa shape index (κ1) is 19.3. The lowest BCUT2D eigenvalue weighted by Gasteiger charge is -2.12. The molecule has 0 unspecified atom stereocenters. The van der Waals surface area contributed by atoms with Gasteiger partial charge in [0.2, 0.25) is 0 Å². The highest BCUT2D eigenvalue weighted by molar-refractivity contribution is 7.19. The number of rotatable bonds is 5. The summed E-state index contributed by atoms with van der Waals surface area (Å²) in [4.78, 5) is 18.9. The van der Waals surface area contributed by atoms with E-state index in [2.05, 4.69) is 10.3 Å². The van der Waals surface area contributed by atoms with Gasteiger partial charge in [0.15, 0.2) is 4.96 Å². The number of carbonyl (C=O) groups is 1. The third-order valence-electron chi connectivity index (χ3n) is 4.55. The van der Waals surface area contributed by atoms with Crippen molar-refractivity contribution in [3.8, 4) is 22.8 Å². The standard InChI is InChI=1S/C21H18ClN3O3S/c1-12-19(20(26)23-15-9-14(22)17(27-2)10-18(15)28-3)29-21-24-16(11-25(12)21)13-7-5-4-6-8-13/h4-11H,1-3H3,(H,23,26). The first-order chi connectivity index (χ1) is 14.0.